The molecule has 1 saturated carbocycles. The van der Waals surface area contributed by atoms with Gasteiger partial charge >= 0.3 is 0 Å². The number of benzene rings is 1. The van der Waals surface area contributed by atoms with Crippen molar-refractivity contribution < 1.29 is 8.42 Å². The van der Waals surface area contributed by atoms with Gasteiger partial charge in [0.1, 0.15) is 0 Å². The van der Waals surface area contributed by atoms with Crippen LogP contribution < -0.4 is 10.5 Å². The van der Waals surface area contributed by atoms with E-state index in [-0.39, 0.29) is 11.8 Å². The van der Waals surface area contributed by atoms with E-state index in [4.69, 9.17) is 5.73 Å². The molecule has 1 aliphatic carbocycles. The van der Waals surface area contributed by atoms with Gasteiger partial charge in [0.05, 0.1) is 5.75 Å². The smallest absolute Gasteiger partial charge is 0.212 e. The van der Waals surface area contributed by atoms with E-state index >= 15 is 0 Å². The zero-order valence-electron chi connectivity index (χ0n) is 12.4. The molecule has 0 aromatic heterocycles. The summed E-state index contributed by atoms with van der Waals surface area (Å²) in [4.78, 5) is 0.943. The Bertz CT molecular complexity index is 561. The van der Waals surface area contributed by atoms with Crippen LogP contribution in [0.5, 0.6) is 0 Å². The van der Waals surface area contributed by atoms with Gasteiger partial charge in [-0.2, -0.15) is 0 Å². The SMILES string of the molecule is CC1CCCCC1NS(=O)(=O)CCSc1ccccc1N. The predicted octanol–water partition coefficient (Wildman–Crippen LogP) is 2.86. The maximum atomic E-state index is 12.2. The highest BCUT2D eigenvalue weighted by Gasteiger charge is 2.25. The lowest BCUT2D eigenvalue weighted by Gasteiger charge is -2.29. The van der Waals surface area contributed by atoms with Crippen molar-refractivity contribution in [3.05, 3.63) is 24.3 Å². The van der Waals surface area contributed by atoms with E-state index in [1.54, 1.807) is 0 Å². The van der Waals surface area contributed by atoms with Crippen molar-refractivity contribution in [1.82, 2.24) is 4.72 Å². The second kappa shape index (κ2) is 7.51. The van der Waals surface area contributed by atoms with E-state index in [2.05, 4.69) is 11.6 Å². The van der Waals surface area contributed by atoms with Crippen LogP contribution in [0.25, 0.3) is 0 Å². The first-order valence-corrected chi connectivity index (χ1v) is 10.1. The fourth-order valence-electron chi connectivity index (χ4n) is 2.65. The Hall–Kier alpha value is -0.720. The number of hydrogen-bond donors (Lipinski definition) is 2. The monoisotopic (exact) mass is 328 g/mol. The summed E-state index contributed by atoms with van der Waals surface area (Å²) in [7, 11) is -3.21. The summed E-state index contributed by atoms with van der Waals surface area (Å²) < 4.78 is 27.2. The van der Waals surface area contributed by atoms with Crippen molar-refractivity contribution in [3.8, 4) is 0 Å². The van der Waals surface area contributed by atoms with Crippen molar-refractivity contribution in [3.63, 3.8) is 0 Å². The molecule has 1 aliphatic rings. The lowest BCUT2D eigenvalue weighted by molar-refractivity contribution is 0.310. The van der Waals surface area contributed by atoms with Crippen LogP contribution in [0.2, 0.25) is 0 Å². The molecular formula is C15H24N2O2S2. The predicted molar refractivity (Wildman–Crippen MR) is 89.9 cm³/mol. The largest absolute Gasteiger partial charge is 0.398 e. The van der Waals surface area contributed by atoms with Crippen LogP contribution in [0, 0.1) is 5.92 Å². The highest BCUT2D eigenvalue weighted by molar-refractivity contribution is 8.00. The van der Waals surface area contributed by atoms with Crippen LogP contribution in [0.15, 0.2) is 29.2 Å². The summed E-state index contributed by atoms with van der Waals surface area (Å²) in [5.74, 6) is 1.09. The Morgan fingerprint density at radius 3 is 2.71 bits per heavy atom. The molecule has 3 N–H and O–H groups in total. The van der Waals surface area contributed by atoms with E-state index in [1.165, 1.54) is 18.2 Å². The van der Waals surface area contributed by atoms with Gasteiger partial charge in [-0.25, -0.2) is 13.1 Å². The van der Waals surface area contributed by atoms with Gasteiger partial charge < -0.3 is 5.73 Å². The molecule has 0 saturated heterocycles. The Kier molecular flexibility index (Phi) is 5.96. The molecule has 2 unspecified atom stereocenters. The normalized spacial score (nSPS) is 23.1. The summed E-state index contributed by atoms with van der Waals surface area (Å²) in [6.07, 6.45) is 4.40. The highest BCUT2D eigenvalue weighted by atomic mass is 32.2. The Labute approximate surface area is 131 Å². The molecule has 6 heteroatoms. The first kappa shape index (κ1) is 16.6. The van der Waals surface area contributed by atoms with Gasteiger partial charge in [0.15, 0.2) is 0 Å². The zero-order valence-corrected chi connectivity index (χ0v) is 14.1. The van der Waals surface area contributed by atoms with Crippen LogP contribution >= 0.6 is 11.8 Å². The Morgan fingerprint density at radius 1 is 1.29 bits per heavy atom. The Morgan fingerprint density at radius 2 is 2.00 bits per heavy atom. The fourth-order valence-corrected chi connectivity index (χ4v) is 5.42. The number of thioether (sulfide) groups is 1. The number of nitrogens with two attached hydrogens (primary N) is 1. The van der Waals surface area contributed by atoms with Gasteiger partial charge in [-0.05, 0) is 30.9 Å². The topological polar surface area (TPSA) is 72.2 Å². The minimum Gasteiger partial charge on any atom is -0.398 e. The fraction of sp³-hybridized carbons (Fsp3) is 0.600. The number of sulfonamides is 1. The molecule has 0 heterocycles. The molecule has 4 nitrogen and oxygen atoms in total. The van der Waals surface area contributed by atoms with Gasteiger partial charge in [-0.3, -0.25) is 0 Å². The van der Waals surface area contributed by atoms with Crippen LogP contribution in [0.3, 0.4) is 0 Å². The maximum Gasteiger partial charge on any atom is 0.212 e. The van der Waals surface area contributed by atoms with E-state index in [1.807, 2.05) is 24.3 Å². The molecule has 118 valence electrons. The summed E-state index contributed by atoms with van der Waals surface area (Å²) >= 11 is 1.49. The highest BCUT2D eigenvalue weighted by Crippen LogP contribution is 2.26. The summed E-state index contributed by atoms with van der Waals surface area (Å²) in [6, 6.07) is 7.65. The van der Waals surface area contributed by atoms with Crippen molar-refractivity contribution in [1.29, 1.82) is 0 Å². The maximum absolute atomic E-state index is 12.2. The molecule has 1 aromatic carbocycles. The van der Waals surface area contributed by atoms with Gasteiger partial charge in [0.25, 0.3) is 0 Å². The van der Waals surface area contributed by atoms with Gasteiger partial charge in [-0.1, -0.05) is 31.9 Å². The number of nitrogen functional groups attached to an aromatic ring is 1. The third kappa shape index (κ3) is 5.20. The van der Waals surface area contributed by atoms with Crippen molar-refractivity contribution in [2.24, 2.45) is 5.92 Å². The molecule has 2 rings (SSSR count). The first-order chi connectivity index (χ1) is 9.98. The van der Waals surface area contributed by atoms with Crippen molar-refractivity contribution in [2.45, 2.75) is 43.5 Å². The van der Waals surface area contributed by atoms with Crippen molar-refractivity contribution >= 4 is 27.5 Å². The number of para-hydroxylation sites is 1. The van der Waals surface area contributed by atoms with Crippen LogP contribution in [-0.2, 0) is 10.0 Å². The minimum atomic E-state index is -3.21. The molecule has 1 fully saturated rings. The van der Waals surface area contributed by atoms with Gasteiger partial charge in [-0.15, -0.1) is 11.8 Å². The molecule has 1 aromatic rings. The second-order valence-electron chi connectivity index (χ2n) is 5.69. The summed E-state index contributed by atoms with van der Waals surface area (Å²) in [6.45, 7) is 2.13. The quantitative estimate of drug-likeness (QED) is 0.622. The average molecular weight is 329 g/mol. The average Bonchev–Trinajstić information content (AvgIpc) is 2.43. The van der Waals surface area contributed by atoms with Gasteiger partial charge in [0, 0.05) is 22.4 Å². The van der Waals surface area contributed by atoms with Crippen LogP contribution in [0.1, 0.15) is 32.6 Å². The van der Waals surface area contributed by atoms with Crippen LogP contribution in [0.4, 0.5) is 5.69 Å². The lowest BCUT2D eigenvalue weighted by atomic mass is 9.87. The lowest BCUT2D eigenvalue weighted by Crippen LogP contribution is -2.42. The van der Waals surface area contributed by atoms with E-state index in [0.717, 1.165) is 24.2 Å². The third-order valence-electron chi connectivity index (χ3n) is 3.97. The molecule has 2 atom stereocenters. The summed E-state index contributed by atoms with van der Waals surface area (Å²) in [5.41, 5.74) is 6.55. The number of nitrogens with one attached hydrogen (secondary N) is 1. The van der Waals surface area contributed by atoms with E-state index in [9.17, 15) is 8.42 Å². The van der Waals surface area contributed by atoms with Gasteiger partial charge in [0.2, 0.25) is 10.0 Å². The van der Waals surface area contributed by atoms with Crippen LogP contribution in [-0.4, -0.2) is 26.0 Å². The number of hydrogen-bond acceptors (Lipinski definition) is 4. The molecule has 0 spiro atoms. The molecule has 0 aliphatic heterocycles. The Balaban J connectivity index is 1.82. The minimum absolute atomic E-state index is 0.107. The molecule has 0 radical (unpaired) electrons. The second-order valence-corrected chi connectivity index (χ2v) is 8.70. The zero-order chi connectivity index (χ0) is 15.3. The molecule has 21 heavy (non-hydrogen) atoms. The molecule has 0 amide bonds. The standard InChI is InChI=1S/C15H24N2O2S2/c1-12-6-2-4-8-14(12)17-21(18,19)11-10-20-15-9-5-3-7-13(15)16/h3,5,7,9,12,14,17H,2,4,6,8,10-11,16H2,1H3. The number of rotatable bonds is 6. The van der Waals surface area contributed by atoms with Crippen molar-refractivity contribution in [2.75, 3.05) is 17.2 Å². The molecular weight excluding hydrogens is 304 g/mol. The number of anilines is 1. The summed E-state index contributed by atoms with van der Waals surface area (Å²) in [5, 5.41) is 0. The van der Waals surface area contributed by atoms with E-state index < -0.39 is 10.0 Å². The molecule has 0 bridgehead atoms. The third-order valence-corrected chi connectivity index (χ3v) is 6.72. The first-order valence-electron chi connectivity index (χ1n) is 7.45. The van der Waals surface area contributed by atoms with E-state index in [0.29, 0.717) is 17.4 Å².